The number of nitrogens with two attached hydrogens (primary N) is 1. The molecule has 0 saturated carbocycles. The Hall–Kier alpha value is -1.86. The first-order chi connectivity index (χ1) is 9.25. The van der Waals surface area contributed by atoms with Gasteiger partial charge in [0.05, 0.1) is 12.8 Å². The summed E-state index contributed by atoms with van der Waals surface area (Å²) in [5, 5.41) is 3.31. The maximum absolute atomic E-state index is 9.19. The molecule has 1 heterocycles. The average molecular weight is 297 g/mol. The van der Waals surface area contributed by atoms with Gasteiger partial charge < -0.3 is 11.1 Å². The lowest BCUT2D eigenvalue weighted by atomic mass is 10.1. The molecule has 0 saturated heterocycles. The fourth-order valence-electron chi connectivity index (χ4n) is 1.54. The van der Waals surface area contributed by atoms with E-state index >= 15 is 0 Å². The summed E-state index contributed by atoms with van der Waals surface area (Å²) in [5.74, 6) is 0.593. The van der Waals surface area contributed by atoms with E-state index in [0.29, 0.717) is 12.1 Å². The summed E-state index contributed by atoms with van der Waals surface area (Å²) in [7, 11) is -3.67. The highest BCUT2D eigenvalue weighted by Gasteiger charge is 2.04. The second-order valence-electron chi connectivity index (χ2n) is 4.39. The number of rotatable bonds is 1. The van der Waals surface area contributed by atoms with Crippen LogP contribution >= 0.6 is 0 Å². The van der Waals surface area contributed by atoms with E-state index in [1.165, 1.54) is 5.56 Å². The molecule has 1 aromatic rings. The van der Waals surface area contributed by atoms with Crippen LogP contribution in [0.2, 0.25) is 0 Å². The fraction of sp³-hybridized carbons (Fsp3) is 0.308. The quantitative estimate of drug-likeness (QED) is 0.665. The Kier molecular flexibility index (Phi) is 5.72. The van der Waals surface area contributed by atoms with Gasteiger partial charge in [0, 0.05) is 18.3 Å². The molecule has 2 rings (SSSR count). The third-order valence-electron chi connectivity index (χ3n) is 2.38. The van der Waals surface area contributed by atoms with Crippen molar-refractivity contribution in [1.82, 2.24) is 5.32 Å². The highest BCUT2D eigenvalue weighted by molar-refractivity contribution is 7.85. The molecule has 0 spiro atoms. The van der Waals surface area contributed by atoms with Gasteiger partial charge in [0.15, 0.2) is 0 Å². The van der Waals surface area contributed by atoms with Crippen molar-refractivity contribution in [3.05, 3.63) is 41.5 Å². The smallest absolute Gasteiger partial charge is 0.261 e. The van der Waals surface area contributed by atoms with E-state index in [-0.39, 0.29) is 0 Å². The van der Waals surface area contributed by atoms with Crippen LogP contribution in [0.5, 0.6) is 0 Å². The van der Waals surface area contributed by atoms with Gasteiger partial charge in [0.1, 0.15) is 5.84 Å². The second kappa shape index (κ2) is 7.06. The molecule has 0 unspecified atom stereocenters. The van der Waals surface area contributed by atoms with Crippen molar-refractivity contribution < 1.29 is 13.0 Å². The van der Waals surface area contributed by atoms with Crippen LogP contribution in [0, 0.1) is 6.92 Å². The molecule has 0 fully saturated rings. The summed E-state index contributed by atoms with van der Waals surface area (Å²) in [4.78, 5) is 4.17. The Morgan fingerprint density at radius 1 is 1.30 bits per heavy atom. The first-order valence-electron chi connectivity index (χ1n) is 6.00. The molecule has 0 amide bonds. The molecule has 0 bridgehead atoms. The van der Waals surface area contributed by atoms with Gasteiger partial charge in [-0.3, -0.25) is 9.55 Å². The van der Waals surface area contributed by atoms with Gasteiger partial charge in [0.2, 0.25) is 0 Å². The first kappa shape index (κ1) is 16.2. The highest BCUT2D eigenvalue weighted by Crippen LogP contribution is 2.13. The molecule has 0 aliphatic carbocycles. The van der Waals surface area contributed by atoms with Gasteiger partial charge in [0.25, 0.3) is 10.1 Å². The summed E-state index contributed by atoms with van der Waals surface area (Å²) in [6.45, 7) is 3.65. The minimum Gasteiger partial charge on any atom is -0.384 e. The van der Waals surface area contributed by atoms with Gasteiger partial charge in [-0.05, 0) is 12.5 Å². The number of amidine groups is 1. The lowest BCUT2D eigenvalue weighted by Gasteiger charge is -2.08. The van der Waals surface area contributed by atoms with Crippen molar-refractivity contribution in [3.8, 4) is 0 Å². The molecule has 7 heteroatoms. The Bertz CT molecular complexity index is 596. The Labute approximate surface area is 119 Å². The van der Waals surface area contributed by atoms with Crippen LogP contribution in [-0.2, 0) is 10.1 Å². The maximum atomic E-state index is 9.19. The van der Waals surface area contributed by atoms with Crippen LogP contribution in [0.4, 0.5) is 0 Å². The predicted molar refractivity (Wildman–Crippen MR) is 81.1 cm³/mol. The summed E-state index contributed by atoms with van der Waals surface area (Å²) in [6, 6.07) is 8.37. The van der Waals surface area contributed by atoms with E-state index in [2.05, 4.69) is 41.5 Å². The summed E-state index contributed by atoms with van der Waals surface area (Å²) in [6.07, 6.45) is 2.60. The Morgan fingerprint density at radius 2 is 1.85 bits per heavy atom. The molecule has 1 aromatic carbocycles. The van der Waals surface area contributed by atoms with Crippen LogP contribution in [0.25, 0.3) is 5.70 Å². The van der Waals surface area contributed by atoms with Gasteiger partial charge in [-0.25, -0.2) is 0 Å². The van der Waals surface area contributed by atoms with Gasteiger partial charge in [-0.1, -0.05) is 29.8 Å². The lowest BCUT2D eigenvalue weighted by molar-refractivity contribution is 0.490. The molecular weight excluding hydrogens is 278 g/mol. The van der Waals surface area contributed by atoms with E-state index in [0.717, 1.165) is 24.4 Å². The van der Waals surface area contributed by atoms with Crippen molar-refractivity contribution in [2.24, 2.45) is 10.7 Å². The predicted octanol–water partition coefficient (Wildman–Crippen LogP) is 0.800. The summed E-state index contributed by atoms with van der Waals surface area (Å²) in [5.41, 5.74) is 9.19. The van der Waals surface area contributed by atoms with Crippen molar-refractivity contribution in [3.63, 3.8) is 0 Å². The van der Waals surface area contributed by atoms with Crippen LogP contribution in [-0.4, -0.2) is 38.2 Å². The average Bonchev–Trinajstić information content (AvgIpc) is 2.53. The van der Waals surface area contributed by atoms with Crippen molar-refractivity contribution >= 4 is 21.7 Å². The van der Waals surface area contributed by atoms with E-state index in [4.69, 9.17) is 10.3 Å². The van der Waals surface area contributed by atoms with Crippen molar-refractivity contribution in [1.29, 1.82) is 0 Å². The topological polar surface area (TPSA) is 105 Å². The molecular formula is C13H19N3O3S. The van der Waals surface area contributed by atoms with Crippen LogP contribution in [0.15, 0.2) is 35.3 Å². The van der Waals surface area contributed by atoms with Crippen LogP contribution in [0.1, 0.15) is 11.1 Å². The molecule has 110 valence electrons. The first-order valence-corrected chi connectivity index (χ1v) is 7.85. The normalized spacial score (nSPS) is 14.9. The number of hydrogen-bond acceptors (Lipinski definition) is 5. The molecule has 20 heavy (non-hydrogen) atoms. The molecule has 1 aliphatic rings. The summed E-state index contributed by atoms with van der Waals surface area (Å²) >= 11 is 0. The number of aryl methyl sites for hydroxylation is 1. The SMILES string of the molecule is CS(=O)(=O)O.Cc1ccc(C2=CC(N)=NCCN2)cc1. The zero-order valence-corrected chi connectivity index (χ0v) is 12.3. The zero-order valence-electron chi connectivity index (χ0n) is 11.5. The number of hydrogen-bond donors (Lipinski definition) is 3. The van der Waals surface area contributed by atoms with E-state index < -0.39 is 10.1 Å². The van der Waals surface area contributed by atoms with Crippen molar-refractivity contribution in [2.75, 3.05) is 19.3 Å². The number of aliphatic imine (C=N–C) groups is 1. The molecule has 6 nitrogen and oxygen atoms in total. The Balaban J connectivity index is 0.000000347. The highest BCUT2D eigenvalue weighted by atomic mass is 32.2. The zero-order chi connectivity index (χ0) is 15.2. The molecule has 0 aromatic heterocycles. The molecule has 0 radical (unpaired) electrons. The number of nitrogens with one attached hydrogen (secondary N) is 1. The number of nitrogens with zero attached hydrogens (tertiary/aromatic N) is 1. The van der Waals surface area contributed by atoms with E-state index in [1.54, 1.807) is 0 Å². The second-order valence-corrected chi connectivity index (χ2v) is 5.86. The fourth-order valence-corrected chi connectivity index (χ4v) is 1.54. The standard InChI is InChI=1S/C12H15N3.CH4O3S/c1-9-2-4-10(5-3-9)11-8-12(13)15-7-6-14-11;1-5(2,3)4/h2-5,8,14H,6-7H2,1H3,(H2,13,15);1H3,(H,2,3,4). The van der Waals surface area contributed by atoms with Crippen LogP contribution in [0.3, 0.4) is 0 Å². The van der Waals surface area contributed by atoms with Crippen molar-refractivity contribution in [2.45, 2.75) is 6.92 Å². The lowest BCUT2D eigenvalue weighted by Crippen LogP contribution is -2.14. The molecule has 4 N–H and O–H groups in total. The van der Waals surface area contributed by atoms with Gasteiger partial charge in [-0.15, -0.1) is 0 Å². The Morgan fingerprint density at radius 3 is 2.40 bits per heavy atom. The maximum Gasteiger partial charge on any atom is 0.261 e. The summed E-state index contributed by atoms with van der Waals surface area (Å²) < 4.78 is 25.9. The van der Waals surface area contributed by atoms with E-state index in [1.807, 2.05) is 6.08 Å². The third kappa shape index (κ3) is 6.91. The monoisotopic (exact) mass is 297 g/mol. The minimum absolute atomic E-state index is 0.593. The molecule has 1 aliphatic heterocycles. The number of benzene rings is 1. The molecule has 0 atom stereocenters. The van der Waals surface area contributed by atoms with Gasteiger partial charge >= 0.3 is 0 Å². The van der Waals surface area contributed by atoms with E-state index in [9.17, 15) is 8.42 Å². The third-order valence-corrected chi connectivity index (χ3v) is 2.38. The largest absolute Gasteiger partial charge is 0.384 e. The minimum atomic E-state index is -3.67. The van der Waals surface area contributed by atoms with Gasteiger partial charge in [-0.2, -0.15) is 8.42 Å². The van der Waals surface area contributed by atoms with Crippen LogP contribution < -0.4 is 11.1 Å².